The van der Waals surface area contributed by atoms with E-state index >= 15 is 0 Å². The molecule has 0 saturated carbocycles. The Bertz CT molecular complexity index is 136. The average Bonchev–Trinajstić information content (AvgIpc) is 2.03. The second-order valence-electron chi connectivity index (χ2n) is 2.39. The molecule has 0 amide bonds. The van der Waals surface area contributed by atoms with Gasteiger partial charge in [0.25, 0.3) is 0 Å². The molecule has 4 heteroatoms. The summed E-state index contributed by atoms with van der Waals surface area (Å²) in [4.78, 5) is 0. The standard InChI is InChI=1S/C7H12ClO.ClH.Hg/c1-3-5-6-9-7(8)4-2;;/h3,5-6H2,1-2H3;1H;/q;;+1/p-1. The van der Waals surface area contributed by atoms with Gasteiger partial charge < -0.3 is 0 Å². The summed E-state index contributed by atoms with van der Waals surface area (Å²) in [7, 11) is 5.76. The fourth-order valence-corrected chi connectivity index (χ4v) is 3.62. The molecule has 0 aromatic carbocycles. The van der Waals surface area contributed by atoms with Crippen molar-refractivity contribution < 1.29 is 28.1 Å². The van der Waals surface area contributed by atoms with Crippen LogP contribution >= 0.6 is 19.9 Å². The average molecular weight is 384 g/mol. The van der Waals surface area contributed by atoms with Crippen molar-refractivity contribution in [1.82, 2.24) is 0 Å². The van der Waals surface area contributed by atoms with Gasteiger partial charge in [-0.1, -0.05) is 0 Å². The predicted octanol–water partition coefficient (Wildman–Crippen LogP) is 3.47. The molecule has 0 atom stereocenters. The molecule has 0 rings (SSSR count). The molecule has 1 nitrogen and oxygen atoms in total. The van der Waals surface area contributed by atoms with E-state index in [4.69, 9.17) is 24.6 Å². The van der Waals surface area contributed by atoms with Crippen molar-refractivity contribution in [3.8, 4) is 0 Å². The first kappa shape index (κ1) is 12.1. The Kier molecular flexibility index (Phi) is 8.43. The van der Waals surface area contributed by atoms with Crippen LogP contribution in [0.3, 0.4) is 0 Å². The first-order valence-electron chi connectivity index (χ1n) is 3.76. The van der Waals surface area contributed by atoms with Gasteiger partial charge in [-0.15, -0.1) is 0 Å². The summed E-state index contributed by atoms with van der Waals surface area (Å²) in [5.74, 6) is 0. The number of rotatable bonds is 5. The van der Waals surface area contributed by atoms with Gasteiger partial charge >= 0.3 is 89.5 Å². The SMILES string of the molecule is CCCCO/C(Cl)=[C](/C)[Hg][Cl]. The normalized spacial score (nSPS) is 12.0. The van der Waals surface area contributed by atoms with E-state index in [0.717, 1.165) is 22.5 Å². The third-order valence-corrected chi connectivity index (χ3v) is 8.89. The van der Waals surface area contributed by atoms with Crippen LogP contribution in [0.2, 0.25) is 0 Å². The van der Waals surface area contributed by atoms with Crippen molar-refractivity contribution in [2.75, 3.05) is 6.61 Å². The van der Waals surface area contributed by atoms with Crippen molar-refractivity contribution in [3.05, 3.63) is 8.30 Å². The third-order valence-electron chi connectivity index (χ3n) is 1.26. The van der Waals surface area contributed by atoms with Crippen LogP contribution in [0.25, 0.3) is 0 Å². The molecular formula is C7H12Cl2HgO. The second kappa shape index (κ2) is 7.69. The molecule has 0 N–H and O–H groups in total. The monoisotopic (exact) mass is 384 g/mol. The number of allylic oxidation sites excluding steroid dienone is 1. The number of ether oxygens (including phenoxy) is 1. The maximum absolute atomic E-state index is 5.80. The summed E-state index contributed by atoms with van der Waals surface area (Å²) >= 11 is 4.50. The van der Waals surface area contributed by atoms with E-state index in [2.05, 4.69) is 6.92 Å². The first-order chi connectivity index (χ1) is 5.22. The number of hydrogen-bond donors (Lipinski definition) is 0. The van der Waals surface area contributed by atoms with Gasteiger partial charge in [-0.3, -0.25) is 0 Å². The van der Waals surface area contributed by atoms with Gasteiger partial charge in [0.2, 0.25) is 0 Å². The summed E-state index contributed by atoms with van der Waals surface area (Å²) in [6, 6.07) is 0. The van der Waals surface area contributed by atoms with Crippen molar-refractivity contribution in [1.29, 1.82) is 0 Å². The van der Waals surface area contributed by atoms with E-state index < -0.39 is 23.3 Å². The van der Waals surface area contributed by atoms with E-state index in [1.807, 2.05) is 6.92 Å². The van der Waals surface area contributed by atoms with Crippen molar-refractivity contribution >= 4 is 19.9 Å². The Balaban J connectivity index is 3.58. The summed E-state index contributed by atoms with van der Waals surface area (Å²) in [5, 5.41) is 0.551. The summed E-state index contributed by atoms with van der Waals surface area (Å²) < 4.78 is 6.37. The van der Waals surface area contributed by atoms with E-state index in [1.54, 1.807) is 0 Å². The Morgan fingerprint density at radius 3 is 2.64 bits per heavy atom. The van der Waals surface area contributed by atoms with Crippen LogP contribution in [0.15, 0.2) is 8.30 Å². The van der Waals surface area contributed by atoms with Crippen molar-refractivity contribution in [2.24, 2.45) is 0 Å². The van der Waals surface area contributed by atoms with Crippen LogP contribution < -0.4 is 0 Å². The quantitative estimate of drug-likeness (QED) is 0.401. The zero-order chi connectivity index (χ0) is 8.69. The molecule has 0 aromatic heterocycles. The van der Waals surface area contributed by atoms with Crippen molar-refractivity contribution in [3.63, 3.8) is 0 Å². The third kappa shape index (κ3) is 6.24. The molecule has 11 heavy (non-hydrogen) atoms. The van der Waals surface area contributed by atoms with Crippen LogP contribution in [0, 0.1) is 0 Å². The molecule has 0 fully saturated rings. The van der Waals surface area contributed by atoms with Gasteiger partial charge in [0.05, 0.1) is 0 Å². The minimum absolute atomic E-state index is 0.551. The Labute approximate surface area is 89.0 Å². The van der Waals surface area contributed by atoms with Gasteiger partial charge in [-0.25, -0.2) is 0 Å². The Morgan fingerprint density at radius 1 is 1.55 bits per heavy atom. The molecule has 0 unspecified atom stereocenters. The van der Waals surface area contributed by atoms with E-state index in [-0.39, 0.29) is 0 Å². The van der Waals surface area contributed by atoms with Crippen LogP contribution in [0.4, 0.5) is 0 Å². The predicted molar refractivity (Wildman–Crippen MR) is 45.3 cm³/mol. The number of unbranched alkanes of at least 4 members (excludes halogenated alkanes) is 1. The van der Waals surface area contributed by atoms with Gasteiger partial charge in [-0.2, -0.15) is 0 Å². The van der Waals surface area contributed by atoms with Gasteiger partial charge in [0.1, 0.15) is 0 Å². The van der Waals surface area contributed by atoms with Crippen LogP contribution in [-0.2, 0) is 28.1 Å². The van der Waals surface area contributed by atoms with Crippen LogP contribution in [-0.4, -0.2) is 6.61 Å². The molecule has 0 spiro atoms. The fraction of sp³-hybridized carbons (Fsp3) is 0.714. The van der Waals surface area contributed by atoms with E-state index in [0.29, 0.717) is 5.22 Å². The van der Waals surface area contributed by atoms with Crippen molar-refractivity contribution in [2.45, 2.75) is 26.7 Å². The number of halogens is 2. The summed E-state index contributed by atoms with van der Waals surface area (Å²) in [6.07, 6.45) is 2.19. The molecule has 0 aliphatic rings. The zero-order valence-electron chi connectivity index (χ0n) is 6.99. The molecule has 62 valence electrons. The summed E-state index contributed by atoms with van der Waals surface area (Å²) in [5.41, 5.74) is 0. The first-order valence-corrected chi connectivity index (χ1v) is 13.7. The fourth-order valence-electron chi connectivity index (χ4n) is 0.482. The molecule has 0 aliphatic carbocycles. The molecular weight excluding hydrogens is 372 g/mol. The Hall–Kier alpha value is 1.06. The minimum atomic E-state index is -1.30. The van der Waals surface area contributed by atoms with E-state index in [9.17, 15) is 0 Å². The van der Waals surface area contributed by atoms with Gasteiger partial charge in [-0.05, 0) is 0 Å². The molecule has 0 heterocycles. The van der Waals surface area contributed by atoms with Crippen LogP contribution in [0.5, 0.6) is 0 Å². The van der Waals surface area contributed by atoms with E-state index in [1.165, 1.54) is 0 Å². The summed E-state index contributed by atoms with van der Waals surface area (Å²) in [6.45, 7) is 4.80. The molecule has 0 radical (unpaired) electrons. The topological polar surface area (TPSA) is 9.23 Å². The number of hydrogen-bond acceptors (Lipinski definition) is 1. The molecule has 0 aliphatic heterocycles. The zero-order valence-corrected chi connectivity index (χ0v) is 14.0. The van der Waals surface area contributed by atoms with Gasteiger partial charge in [0, 0.05) is 0 Å². The maximum atomic E-state index is 5.80. The molecule has 0 saturated heterocycles. The van der Waals surface area contributed by atoms with Gasteiger partial charge in [0.15, 0.2) is 0 Å². The second-order valence-corrected chi connectivity index (χ2v) is 10.2. The molecule has 0 aromatic rings. The van der Waals surface area contributed by atoms with Crippen LogP contribution in [0.1, 0.15) is 26.7 Å². The molecule has 0 bridgehead atoms. The Morgan fingerprint density at radius 2 is 2.18 bits per heavy atom.